The van der Waals surface area contributed by atoms with E-state index >= 15 is 0 Å². The van der Waals surface area contributed by atoms with Crippen molar-refractivity contribution in [2.45, 2.75) is 13.8 Å². The molecule has 3 nitrogen and oxygen atoms in total. The van der Waals surface area contributed by atoms with Crippen molar-refractivity contribution in [3.05, 3.63) is 34.9 Å². The highest BCUT2D eigenvalue weighted by Gasteiger charge is 2.05. The normalized spacial score (nSPS) is 9.44. The first-order valence-corrected chi connectivity index (χ1v) is 5.14. The van der Waals surface area contributed by atoms with Crippen LogP contribution in [0.25, 0.3) is 0 Å². The van der Waals surface area contributed by atoms with Crippen LogP contribution in [0.15, 0.2) is 18.2 Å². The second-order valence-corrected chi connectivity index (χ2v) is 3.74. The number of carbonyl (C=O) groups is 1. The van der Waals surface area contributed by atoms with Gasteiger partial charge in [0.15, 0.2) is 0 Å². The Morgan fingerprint density at radius 1 is 1.12 bits per heavy atom. The van der Waals surface area contributed by atoms with Gasteiger partial charge in [-0.15, -0.1) is 12.4 Å². The zero-order chi connectivity index (χ0) is 11.3. The fraction of sp³-hybridized carbons (Fsp3) is 0.417. The minimum Gasteiger partial charge on any atom is -0.351 e. The molecule has 0 saturated carbocycles. The number of rotatable bonds is 4. The first-order valence-electron chi connectivity index (χ1n) is 5.14. The summed E-state index contributed by atoms with van der Waals surface area (Å²) in [5, 5.41) is 5.84. The molecule has 0 aliphatic carbocycles. The van der Waals surface area contributed by atoms with Crippen molar-refractivity contribution in [1.29, 1.82) is 0 Å². The lowest BCUT2D eigenvalue weighted by atomic mass is 10.1. The Labute approximate surface area is 103 Å². The molecule has 16 heavy (non-hydrogen) atoms. The monoisotopic (exact) mass is 242 g/mol. The summed E-state index contributed by atoms with van der Waals surface area (Å²) in [6.45, 7) is 5.44. The van der Waals surface area contributed by atoms with Crippen molar-refractivity contribution in [2.75, 3.05) is 20.1 Å². The van der Waals surface area contributed by atoms with E-state index in [2.05, 4.69) is 16.7 Å². The Balaban J connectivity index is 0.00000225. The van der Waals surface area contributed by atoms with Crippen LogP contribution in [-0.2, 0) is 0 Å². The number of aryl methyl sites for hydroxylation is 2. The Morgan fingerprint density at radius 3 is 2.19 bits per heavy atom. The molecule has 0 aliphatic rings. The molecule has 0 atom stereocenters. The van der Waals surface area contributed by atoms with E-state index in [0.29, 0.717) is 6.54 Å². The van der Waals surface area contributed by atoms with E-state index in [1.54, 1.807) is 0 Å². The molecule has 0 aliphatic heterocycles. The van der Waals surface area contributed by atoms with Crippen LogP contribution in [0, 0.1) is 13.8 Å². The first-order chi connectivity index (χ1) is 7.13. The predicted octanol–water partition coefficient (Wildman–Crippen LogP) is 1.67. The lowest BCUT2D eigenvalue weighted by Gasteiger charge is -2.06. The molecular formula is C12H19ClN2O. The average molecular weight is 243 g/mol. The fourth-order valence-electron chi connectivity index (χ4n) is 1.51. The van der Waals surface area contributed by atoms with Crippen molar-refractivity contribution in [1.82, 2.24) is 10.6 Å². The Kier molecular flexibility index (Phi) is 6.77. The summed E-state index contributed by atoms with van der Waals surface area (Å²) in [6, 6.07) is 5.87. The van der Waals surface area contributed by atoms with E-state index < -0.39 is 0 Å². The molecule has 0 spiro atoms. The Morgan fingerprint density at radius 2 is 1.69 bits per heavy atom. The third-order valence-corrected chi connectivity index (χ3v) is 2.14. The second-order valence-electron chi connectivity index (χ2n) is 3.74. The minimum atomic E-state index is -0.00273. The van der Waals surface area contributed by atoms with Crippen LogP contribution >= 0.6 is 12.4 Å². The maximum Gasteiger partial charge on any atom is 0.251 e. The second kappa shape index (κ2) is 7.25. The van der Waals surface area contributed by atoms with E-state index in [1.165, 1.54) is 0 Å². The smallest absolute Gasteiger partial charge is 0.251 e. The summed E-state index contributed by atoms with van der Waals surface area (Å²) in [4.78, 5) is 11.7. The number of nitrogens with one attached hydrogen (secondary N) is 2. The number of hydrogen-bond acceptors (Lipinski definition) is 2. The van der Waals surface area contributed by atoms with Gasteiger partial charge in [0.1, 0.15) is 0 Å². The lowest BCUT2D eigenvalue weighted by Crippen LogP contribution is -2.30. The molecule has 4 heteroatoms. The topological polar surface area (TPSA) is 41.1 Å². The molecule has 0 unspecified atom stereocenters. The highest BCUT2D eigenvalue weighted by atomic mass is 35.5. The van der Waals surface area contributed by atoms with Crippen molar-refractivity contribution in [2.24, 2.45) is 0 Å². The molecule has 1 amide bonds. The van der Waals surface area contributed by atoms with E-state index in [9.17, 15) is 4.79 Å². The molecule has 0 radical (unpaired) electrons. The van der Waals surface area contributed by atoms with Crippen LogP contribution in [0.3, 0.4) is 0 Å². The average Bonchev–Trinajstić information content (AvgIpc) is 2.16. The van der Waals surface area contributed by atoms with Gasteiger partial charge in [-0.1, -0.05) is 17.2 Å². The molecule has 0 saturated heterocycles. The van der Waals surface area contributed by atoms with Gasteiger partial charge in [0.05, 0.1) is 0 Å². The third-order valence-electron chi connectivity index (χ3n) is 2.14. The van der Waals surface area contributed by atoms with Gasteiger partial charge in [-0.3, -0.25) is 4.79 Å². The maximum atomic E-state index is 11.7. The zero-order valence-electron chi connectivity index (χ0n) is 9.96. The predicted molar refractivity (Wildman–Crippen MR) is 69.4 cm³/mol. The van der Waals surface area contributed by atoms with Crippen LogP contribution < -0.4 is 10.6 Å². The highest BCUT2D eigenvalue weighted by molar-refractivity contribution is 5.94. The van der Waals surface area contributed by atoms with Crippen LogP contribution in [0.1, 0.15) is 21.5 Å². The van der Waals surface area contributed by atoms with Gasteiger partial charge in [0, 0.05) is 18.7 Å². The van der Waals surface area contributed by atoms with Crippen molar-refractivity contribution < 1.29 is 4.79 Å². The zero-order valence-corrected chi connectivity index (χ0v) is 10.8. The molecule has 90 valence electrons. The van der Waals surface area contributed by atoms with Gasteiger partial charge in [-0.25, -0.2) is 0 Å². The Hall–Kier alpha value is -1.06. The van der Waals surface area contributed by atoms with Gasteiger partial charge in [0.2, 0.25) is 0 Å². The molecule has 0 bridgehead atoms. The molecule has 1 aromatic rings. The summed E-state index contributed by atoms with van der Waals surface area (Å²) < 4.78 is 0. The number of amides is 1. The van der Waals surface area contributed by atoms with E-state index in [4.69, 9.17) is 0 Å². The van der Waals surface area contributed by atoms with Gasteiger partial charge in [-0.05, 0) is 33.0 Å². The summed E-state index contributed by atoms with van der Waals surface area (Å²) >= 11 is 0. The van der Waals surface area contributed by atoms with Crippen molar-refractivity contribution in [3.8, 4) is 0 Å². The van der Waals surface area contributed by atoms with E-state index in [0.717, 1.165) is 23.2 Å². The lowest BCUT2D eigenvalue weighted by molar-refractivity contribution is 0.0954. The van der Waals surface area contributed by atoms with Gasteiger partial charge in [0.25, 0.3) is 5.91 Å². The first kappa shape index (κ1) is 14.9. The number of benzene rings is 1. The SMILES string of the molecule is CNCCNC(=O)c1cc(C)cc(C)c1.Cl. The largest absolute Gasteiger partial charge is 0.351 e. The molecule has 0 aromatic heterocycles. The van der Waals surface area contributed by atoms with Gasteiger partial charge >= 0.3 is 0 Å². The molecule has 1 aromatic carbocycles. The standard InChI is InChI=1S/C12H18N2O.ClH/c1-9-6-10(2)8-11(7-9)12(15)14-5-4-13-3;/h6-8,13H,4-5H2,1-3H3,(H,14,15);1H. The number of hydrogen-bond donors (Lipinski definition) is 2. The molecule has 0 heterocycles. The quantitative estimate of drug-likeness (QED) is 0.789. The molecular weight excluding hydrogens is 224 g/mol. The summed E-state index contributed by atoms with van der Waals surface area (Å²) in [5.41, 5.74) is 2.98. The van der Waals surface area contributed by atoms with E-state index in [1.807, 2.05) is 33.0 Å². The minimum absolute atomic E-state index is 0. The summed E-state index contributed by atoms with van der Waals surface area (Å²) in [7, 11) is 1.86. The summed E-state index contributed by atoms with van der Waals surface area (Å²) in [5.74, 6) is -0.00273. The molecule has 1 rings (SSSR count). The van der Waals surface area contributed by atoms with E-state index in [-0.39, 0.29) is 18.3 Å². The molecule has 2 N–H and O–H groups in total. The number of carbonyl (C=O) groups excluding carboxylic acids is 1. The summed E-state index contributed by atoms with van der Waals surface area (Å²) in [6.07, 6.45) is 0. The van der Waals surface area contributed by atoms with Gasteiger partial charge in [-0.2, -0.15) is 0 Å². The van der Waals surface area contributed by atoms with Crippen molar-refractivity contribution >= 4 is 18.3 Å². The van der Waals surface area contributed by atoms with Crippen LogP contribution in [-0.4, -0.2) is 26.0 Å². The van der Waals surface area contributed by atoms with Gasteiger partial charge < -0.3 is 10.6 Å². The third kappa shape index (κ3) is 4.64. The van der Waals surface area contributed by atoms with Crippen LogP contribution in [0.2, 0.25) is 0 Å². The highest BCUT2D eigenvalue weighted by Crippen LogP contribution is 2.08. The number of likely N-dealkylation sites (N-methyl/N-ethyl adjacent to an activating group) is 1. The molecule has 0 fully saturated rings. The maximum absolute atomic E-state index is 11.7. The van der Waals surface area contributed by atoms with Crippen LogP contribution in [0.4, 0.5) is 0 Å². The van der Waals surface area contributed by atoms with Crippen molar-refractivity contribution in [3.63, 3.8) is 0 Å². The van der Waals surface area contributed by atoms with Crippen LogP contribution in [0.5, 0.6) is 0 Å². The Bertz CT molecular complexity index is 333. The number of halogens is 1. The fourth-order valence-corrected chi connectivity index (χ4v) is 1.51.